The van der Waals surface area contributed by atoms with Crippen molar-refractivity contribution in [3.05, 3.63) is 76.2 Å². The Morgan fingerprint density at radius 3 is 2.37 bits per heavy atom. The third-order valence-electron chi connectivity index (χ3n) is 3.08. The van der Waals surface area contributed by atoms with Gasteiger partial charge in [0.25, 0.3) is 0 Å². The summed E-state index contributed by atoms with van der Waals surface area (Å²) in [6.45, 7) is 1.70. The molecular weight excluding hydrogens is 238 g/mol. The number of benzene rings is 2. The molecule has 1 unspecified atom stereocenters. The largest absolute Gasteiger partial charge is 0.294 e. The number of hydrogen-bond acceptors (Lipinski definition) is 3. The first-order valence-corrected chi connectivity index (χ1v) is 6.21. The summed E-state index contributed by atoms with van der Waals surface area (Å²) in [4.78, 5) is 23.0. The van der Waals surface area contributed by atoms with E-state index in [-0.39, 0.29) is 5.78 Å². The molecule has 0 aliphatic carbocycles. The summed E-state index contributed by atoms with van der Waals surface area (Å²) in [5.74, 6) is 0.0114. The van der Waals surface area contributed by atoms with Gasteiger partial charge >= 0.3 is 0 Å². The van der Waals surface area contributed by atoms with Gasteiger partial charge in [0.2, 0.25) is 0 Å². The van der Waals surface area contributed by atoms with Gasteiger partial charge in [-0.15, -0.1) is 0 Å². The first kappa shape index (κ1) is 13.1. The first-order valence-electron chi connectivity index (χ1n) is 6.21. The second-order valence-corrected chi connectivity index (χ2v) is 4.45. The highest BCUT2D eigenvalue weighted by Gasteiger charge is 2.16. The van der Waals surface area contributed by atoms with Crippen molar-refractivity contribution in [2.24, 2.45) is 5.18 Å². The monoisotopic (exact) mass is 253 g/mol. The van der Waals surface area contributed by atoms with Gasteiger partial charge in [0, 0.05) is 12.0 Å². The predicted octanol–water partition coefficient (Wildman–Crippen LogP) is 3.94. The van der Waals surface area contributed by atoms with Gasteiger partial charge in [-0.05, 0) is 18.1 Å². The average molecular weight is 253 g/mol. The van der Waals surface area contributed by atoms with Crippen LogP contribution in [-0.2, 0) is 6.42 Å². The lowest BCUT2D eigenvalue weighted by Crippen LogP contribution is -2.08. The molecule has 1 atom stereocenters. The molecule has 0 saturated heterocycles. The Morgan fingerprint density at radius 2 is 1.68 bits per heavy atom. The number of hydrogen-bond donors (Lipinski definition) is 0. The maximum atomic E-state index is 12.3. The van der Waals surface area contributed by atoms with Gasteiger partial charge in [-0.25, -0.2) is 0 Å². The smallest absolute Gasteiger partial charge is 0.167 e. The number of nitroso groups, excluding NO2 is 1. The van der Waals surface area contributed by atoms with Crippen LogP contribution >= 0.6 is 0 Å². The Bertz CT molecular complexity index is 578. The van der Waals surface area contributed by atoms with Crippen LogP contribution in [0.3, 0.4) is 0 Å². The van der Waals surface area contributed by atoms with E-state index < -0.39 is 6.04 Å². The topological polar surface area (TPSA) is 46.5 Å². The average Bonchev–Trinajstić information content (AvgIpc) is 2.47. The van der Waals surface area contributed by atoms with Gasteiger partial charge in [-0.2, -0.15) is 4.91 Å². The molecule has 2 aromatic rings. The Morgan fingerprint density at radius 1 is 1.05 bits per heavy atom. The van der Waals surface area contributed by atoms with Crippen LogP contribution in [0.2, 0.25) is 0 Å². The van der Waals surface area contributed by atoms with Crippen LogP contribution in [0.4, 0.5) is 0 Å². The molecule has 3 heteroatoms. The number of nitrogens with zero attached hydrogens (tertiary/aromatic N) is 1. The van der Waals surface area contributed by atoms with Crippen molar-refractivity contribution >= 4 is 5.78 Å². The Labute approximate surface area is 112 Å². The van der Waals surface area contributed by atoms with Gasteiger partial charge in [0.15, 0.2) is 5.78 Å². The molecule has 0 amide bonds. The lowest BCUT2D eigenvalue weighted by molar-refractivity contribution is 0.0991. The molecule has 0 bridgehead atoms. The molecule has 0 N–H and O–H groups in total. The minimum atomic E-state index is -0.504. The van der Waals surface area contributed by atoms with E-state index >= 15 is 0 Å². The second-order valence-electron chi connectivity index (χ2n) is 4.45. The van der Waals surface area contributed by atoms with E-state index in [4.69, 9.17) is 0 Å². The maximum absolute atomic E-state index is 12.3. The molecule has 0 aliphatic rings. The van der Waals surface area contributed by atoms with Gasteiger partial charge < -0.3 is 0 Å². The molecule has 19 heavy (non-hydrogen) atoms. The van der Waals surface area contributed by atoms with Crippen LogP contribution in [0.1, 0.15) is 34.5 Å². The normalized spacial score (nSPS) is 11.8. The van der Waals surface area contributed by atoms with Crippen LogP contribution < -0.4 is 0 Å². The van der Waals surface area contributed by atoms with Gasteiger partial charge in [-0.3, -0.25) is 4.79 Å². The zero-order chi connectivity index (χ0) is 13.7. The van der Waals surface area contributed by atoms with Crippen molar-refractivity contribution in [1.82, 2.24) is 0 Å². The summed E-state index contributed by atoms with van der Waals surface area (Å²) in [5.41, 5.74) is 2.24. The molecular formula is C16H15NO2. The van der Waals surface area contributed by atoms with Crippen LogP contribution in [-0.4, -0.2) is 5.78 Å². The third kappa shape index (κ3) is 3.13. The lowest BCUT2D eigenvalue weighted by atomic mass is 9.95. The van der Waals surface area contributed by atoms with Gasteiger partial charge in [0.1, 0.15) is 6.04 Å². The fourth-order valence-electron chi connectivity index (χ4n) is 2.05. The van der Waals surface area contributed by atoms with E-state index in [9.17, 15) is 9.70 Å². The summed E-state index contributed by atoms with van der Waals surface area (Å²) in [5, 5.41) is 3.01. The lowest BCUT2D eigenvalue weighted by Gasteiger charge is -2.10. The predicted molar refractivity (Wildman–Crippen MR) is 75.1 cm³/mol. The Balaban J connectivity index is 2.27. The standard InChI is InChI=1S/C16H15NO2/c1-12(17-19)14-9-5-6-10-15(14)16(18)11-13-7-3-2-4-8-13/h2-10,12H,11H2,1H3. The Hall–Kier alpha value is -2.29. The minimum absolute atomic E-state index is 0.0114. The molecule has 0 aromatic heterocycles. The van der Waals surface area contributed by atoms with E-state index in [2.05, 4.69) is 5.18 Å². The summed E-state index contributed by atoms with van der Waals surface area (Å²) >= 11 is 0. The summed E-state index contributed by atoms with van der Waals surface area (Å²) < 4.78 is 0. The SMILES string of the molecule is CC(N=O)c1ccccc1C(=O)Cc1ccccc1. The van der Waals surface area contributed by atoms with Crippen LogP contribution in [0.5, 0.6) is 0 Å². The highest BCUT2D eigenvalue weighted by molar-refractivity contribution is 5.99. The molecule has 96 valence electrons. The third-order valence-corrected chi connectivity index (χ3v) is 3.08. The van der Waals surface area contributed by atoms with Crippen molar-refractivity contribution in [3.63, 3.8) is 0 Å². The van der Waals surface area contributed by atoms with Crippen molar-refractivity contribution in [1.29, 1.82) is 0 Å². The summed E-state index contributed by atoms with van der Waals surface area (Å²) in [6.07, 6.45) is 0.337. The molecule has 0 spiro atoms. The minimum Gasteiger partial charge on any atom is -0.294 e. The van der Waals surface area contributed by atoms with Crippen molar-refractivity contribution < 1.29 is 4.79 Å². The zero-order valence-corrected chi connectivity index (χ0v) is 10.7. The van der Waals surface area contributed by atoms with E-state index in [1.807, 2.05) is 36.4 Å². The summed E-state index contributed by atoms with van der Waals surface area (Å²) in [6, 6.07) is 16.2. The fourth-order valence-corrected chi connectivity index (χ4v) is 2.05. The molecule has 0 saturated carbocycles. The number of carbonyl (C=O) groups excluding carboxylic acids is 1. The Kier molecular flexibility index (Phi) is 4.18. The highest BCUT2D eigenvalue weighted by atomic mass is 16.3. The van der Waals surface area contributed by atoms with E-state index in [1.54, 1.807) is 25.1 Å². The molecule has 2 rings (SSSR count). The molecule has 3 nitrogen and oxygen atoms in total. The molecule has 2 aromatic carbocycles. The van der Waals surface area contributed by atoms with Crippen molar-refractivity contribution in [2.75, 3.05) is 0 Å². The quantitative estimate of drug-likeness (QED) is 0.598. The van der Waals surface area contributed by atoms with Crippen molar-refractivity contribution in [3.8, 4) is 0 Å². The van der Waals surface area contributed by atoms with Crippen molar-refractivity contribution in [2.45, 2.75) is 19.4 Å². The van der Waals surface area contributed by atoms with E-state index in [1.165, 1.54) is 0 Å². The fraction of sp³-hybridized carbons (Fsp3) is 0.188. The number of Topliss-reactive ketones (excluding diaryl/α,β-unsaturated/α-hetero) is 1. The number of ketones is 1. The molecule has 0 radical (unpaired) electrons. The zero-order valence-electron chi connectivity index (χ0n) is 10.7. The number of carbonyl (C=O) groups is 1. The van der Waals surface area contributed by atoms with Gasteiger partial charge in [0.05, 0.1) is 0 Å². The molecule has 0 fully saturated rings. The first-order chi connectivity index (χ1) is 9.22. The van der Waals surface area contributed by atoms with Crippen LogP contribution in [0.15, 0.2) is 59.8 Å². The highest BCUT2D eigenvalue weighted by Crippen LogP contribution is 2.22. The van der Waals surface area contributed by atoms with Crippen LogP contribution in [0.25, 0.3) is 0 Å². The second kappa shape index (κ2) is 6.05. The van der Waals surface area contributed by atoms with Gasteiger partial charge in [-0.1, -0.05) is 59.8 Å². The summed E-state index contributed by atoms with van der Waals surface area (Å²) in [7, 11) is 0. The van der Waals surface area contributed by atoms with Crippen LogP contribution in [0, 0.1) is 4.91 Å². The van der Waals surface area contributed by atoms with E-state index in [0.717, 1.165) is 5.56 Å². The molecule has 0 heterocycles. The maximum Gasteiger partial charge on any atom is 0.167 e. The number of rotatable bonds is 5. The van der Waals surface area contributed by atoms with E-state index in [0.29, 0.717) is 17.5 Å². The molecule has 0 aliphatic heterocycles.